The fourth-order valence-corrected chi connectivity index (χ4v) is 2.67. The van der Waals surface area contributed by atoms with Crippen LogP contribution in [0.3, 0.4) is 0 Å². The van der Waals surface area contributed by atoms with Gasteiger partial charge in [-0.1, -0.05) is 19.8 Å². The molecule has 1 rings (SSSR count). The number of nitrogens with zero attached hydrogens (tertiary/aromatic N) is 1. The van der Waals surface area contributed by atoms with Crippen molar-refractivity contribution in [3.8, 4) is 11.8 Å². The molecule has 1 heterocycles. The van der Waals surface area contributed by atoms with Crippen molar-refractivity contribution in [1.82, 2.24) is 4.90 Å². The van der Waals surface area contributed by atoms with Crippen molar-refractivity contribution in [1.29, 1.82) is 0 Å². The van der Waals surface area contributed by atoms with Crippen LogP contribution in [0.4, 0.5) is 4.79 Å². The molecule has 0 saturated carbocycles. The van der Waals surface area contributed by atoms with Crippen molar-refractivity contribution in [2.24, 2.45) is 5.92 Å². The summed E-state index contributed by atoms with van der Waals surface area (Å²) in [5.41, 5.74) is -1.48. The van der Waals surface area contributed by atoms with E-state index in [2.05, 4.69) is 30.4 Å². The SMILES string of the molecule is COC(=O)C#C[C@@H]1OC(C)(C)N(C(=O)OC(C)(C)C)[C@H]1CC(C)C. The number of hydrogen-bond acceptors (Lipinski definition) is 5. The summed E-state index contributed by atoms with van der Waals surface area (Å²) in [6.07, 6.45) is -0.335. The number of rotatable bonds is 2. The molecule has 6 heteroatoms. The number of esters is 1. The van der Waals surface area contributed by atoms with E-state index in [0.717, 1.165) is 0 Å². The van der Waals surface area contributed by atoms with Crippen LogP contribution in [0.2, 0.25) is 0 Å². The first-order chi connectivity index (χ1) is 10.9. The summed E-state index contributed by atoms with van der Waals surface area (Å²) in [6.45, 7) is 13.2. The topological polar surface area (TPSA) is 65.1 Å². The zero-order valence-electron chi connectivity index (χ0n) is 15.9. The Bertz CT molecular complexity index is 536. The van der Waals surface area contributed by atoms with Crippen molar-refractivity contribution in [3.05, 3.63) is 0 Å². The Morgan fingerprint density at radius 3 is 2.33 bits per heavy atom. The lowest BCUT2D eigenvalue weighted by Crippen LogP contribution is -2.50. The summed E-state index contributed by atoms with van der Waals surface area (Å²) in [5.74, 6) is 4.89. The number of carbonyl (C=O) groups excluding carboxylic acids is 2. The van der Waals surface area contributed by atoms with Crippen LogP contribution in [0.15, 0.2) is 0 Å². The predicted octanol–water partition coefficient (Wildman–Crippen LogP) is 2.95. The fourth-order valence-electron chi connectivity index (χ4n) is 2.67. The summed E-state index contributed by atoms with van der Waals surface area (Å²) in [5, 5.41) is 0. The second kappa shape index (κ2) is 7.43. The first kappa shape index (κ1) is 20.3. The summed E-state index contributed by atoms with van der Waals surface area (Å²) in [6, 6.07) is -0.299. The van der Waals surface area contributed by atoms with Crippen molar-refractivity contribution in [3.63, 3.8) is 0 Å². The van der Waals surface area contributed by atoms with Gasteiger partial charge in [0.05, 0.1) is 13.2 Å². The van der Waals surface area contributed by atoms with Gasteiger partial charge in [-0.05, 0) is 47.0 Å². The van der Waals surface area contributed by atoms with Crippen LogP contribution in [0, 0.1) is 17.8 Å². The molecule has 136 valence electrons. The second-order valence-electron chi connectivity index (χ2n) is 7.79. The highest BCUT2D eigenvalue weighted by Crippen LogP contribution is 2.36. The molecule has 0 radical (unpaired) electrons. The van der Waals surface area contributed by atoms with Crippen molar-refractivity contribution < 1.29 is 23.8 Å². The molecule has 0 aromatic heterocycles. The van der Waals surface area contributed by atoms with Gasteiger partial charge in [0.15, 0.2) is 0 Å². The lowest BCUT2D eigenvalue weighted by Gasteiger charge is -2.35. The third-order valence-corrected chi connectivity index (χ3v) is 3.48. The first-order valence-corrected chi connectivity index (χ1v) is 8.17. The Morgan fingerprint density at radius 1 is 1.29 bits per heavy atom. The van der Waals surface area contributed by atoms with E-state index in [1.807, 2.05) is 20.8 Å². The number of amides is 1. The molecule has 1 aliphatic heterocycles. The zero-order valence-corrected chi connectivity index (χ0v) is 15.9. The summed E-state index contributed by atoms with van der Waals surface area (Å²) in [7, 11) is 1.27. The minimum Gasteiger partial charge on any atom is -0.459 e. The monoisotopic (exact) mass is 339 g/mol. The molecular formula is C18H29NO5. The molecule has 24 heavy (non-hydrogen) atoms. The van der Waals surface area contributed by atoms with Gasteiger partial charge < -0.3 is 14.2 Å². The zero-order chi connectivity index (χ0) is 18.7. The van der Waals surface area contributed by atoms with Crippen LogP contribution in [-0.2, 0) is 19.0 Å². The maximum atomic E-state index is 12.7. The van der Waals surface area contributed by atoms with Gasteiger partial charge >= 0.3 is 12.1 Å². The number of ether oxygens (including phenoxy) is 3. The molecule has 0 unspecified atom stereocenters. The molecule has 2 atom stereocenters. The highest BCUT2D eigenvalue weighted by atomic mass is 16.6. The Hall–Kier alpha value is -1.74. The smallest absolute Gasteiger partial charge is 0.412 e. The number of carbonyl (C=O) groups is 2. The second-order valence-corrected chi connectivity index (χ2v) is 7.79. The van der Waals surface area contributed by atoms with E-state index in [1.165, 1.54) is 7.11 Å². The maximum absolute atomic E-state index is 12.7. The Morgan fingerprint density at radius 2 is 1.88 bits per heavy atom. The van der Waals surface area contributed by atoms with E-state index < -0.39 is 29.5 Å². The van der Waals surface area contributed by atoms with Gasteiger partial charge in [0.1, 0.15) is 17.4 Å². The van der Waals surface area contributed by atoms with Crippen molar-refractivity contribution in [2.75, 3.05) is 7.11 Å². The third kappa shape index (κ3) is 5.41. The van der Waals surface area contributed by atoms with E-state index in [1.54, 1.807) is 18.7 Å². The average Bonchev–Trinajstić information content (AvgIpc) is 2.63. The summed E-state index contributed by atoms with van der Waals surface area (Å²) >= 11 is 0. The normalized spacial score (nSPS) is 22.8. The molecule has 0 aromatic rings. The molecule has 0 N–H and O–H groups in total. The van der Waals surface area contributed by atoms with Gasteiger partial charge in [0.2, 0.25) is 0 Å². The highest BCUT2D eigenvalue weighted by molar-refractivity contribution is 5.88. The average molecular weight is 339 g/mol. The fraction of sp³-hybridized carbons (Fsp3) is 0.778. The number of methoxy groups -OCH3 is 1. The highest BCUT2D eigenvalue weighted by Gasteiger charge is 2.50. The Kier molecular flexibility index (Phi) is 6.29. The van der Waals surface area contributed by atoms with Crippen LogP contribution in [-0.4, -0.2) is 47.5 Å². The van der Waals surface area contributed by atoms with E-state index >= 15 is 0 Å². The molecule has 1 amide bonds. The van der Waals surface area contributed by atoms with Gasteiger partial charge in [-0.25, -0.2) is 9.59 Å². The molecular weight excluding hydrogens is 310 g/mol. The predicted molar refractivity (Wildman–Crippen MR) is 90.1 cm³/mol. The van der Waals surface area contributed by atoms with Gasteiger partial charge in [-0.2, -0.15) is 0 Å². The van der Waals surface area contributed by atoms with Crippen LogP contribution < -0.4 is 0 Å². The maximum Gasteiger partial charge on any atom is 0.412 e. The molecule has 1 fully saturated rings. The lowest BCUT2D eigenvalue weighted by molar-refractivity contribution is -0.133. The number of hydrogen-bond donors (Lipinski definition) is 0. The van der Waals surface area contributed by atoms with Crippen molar-refractivity contribution >= 4 is 12.1 Å². The van der Waals surface area contributed by atoms with Crippen molar-refractivity contribution in [2.45, 2.75) is 78.4 Å². The molecule has 0 spiro atoms. The molecule has 1 saturated heterocycles. The summed E-state index contributed by atoms with van der Waals surface area (Å²) in [4.78, 5) is 25.6. The third-order valence-electron chi connectivity index (χ3n) is 3.48. The molecule has 6 nitrogen and oxygen atoms in total. The van der Waals surface area contributed by atoms with Gasteiger partial charge in [-0.3, -0.25) is 4.90 Å². The Balaban J connectivity index is 3.14. The Labute approximate surface area is 144 Å². The standard InChI is InChI=1S/C18H29NO5/c1-12(2)11-13-14(9-10-15(20)22-8)23-18(6,7)19(13)16(21)24-17(3,4)5/h12-14H,11H2,1-8H3/t13-,14-/m0/s1. The lowest BCUT2D eigenvalue weighted by atomic mass is 9.98. The summed E-state index contributed by atoms with van der Waals surface area (Å²) < 4.78 is 16.0. The van der Waals surface area contributed by atoms with E-state index in [-0.39, 0.29) is 6.04 Å². The van der Waals surface area contributed by atoms with E-state index in [4.69, 9.17) is 9.47 Å². The van der Waals surface area contributed by atoms with Gasteiger partial charge in [0.25, 0.3) is 0 Å². The van der Waals surface area contributed by atoms with E-state index in [9.17, 15) is 9.59 Å². The van der Waals surface area contributed by atoms with Crippen LogP contribution >= 0.6 is 0 Å². The van der Waals surface area contributed by atoms with Crippen LogP contribution in [0.5, 0.6) is 0 Å². The van der Waals surface area contributed by atoms with Gasteiger partial charge in [-0.15, -0.1) is 0 Å². The first-order valence-electron chi connectivity index (χ1n) is 8.17. The largest absolute Gasteiger partial charge is 0.459 e. The minimum absolute atomic E-state index is 0.299. The van der Waals surface area contributed by atoms with Crippen LogP contribution in [0.1, 0.15) is 54.9 Å². The van der Waals surface area contributed by atoms with Crippen LogP contribution in [0.25, 0.3) is 0 Å². The molecule has 0 aliphatic carbocycles. The minimum atomic E-state index is -0.878. The van der Waals surface area contributed by atoms with E-state index in [0.29, 0.717) is 12.3 Å². The van der Waals surface area contributed by atoms with Gasteiger partial charge in [0, 0.05) is 5.92 Å². The molecule has 0 aromatic carbocycles. The quantitative estimate of drug-likeness (QED) is 0.440. The molecule has 1 aliphatic rings. The molecule has 0 bridgehead atoms.